The summed E-state index contributed by atoms with van der Waals surface area (Å²) in [5, 5.41) is 4.26. The number of likely N-dealkylation sites (tertiary alicyclic amines) is 1. The first kappa shape index (κ1) is 18.0. The van der Waals surface area contributed by atoms with Crippen LogP contribution < -0.4 is 0 Å². The number of aryl methyl sites for hydroxylation is 1. The van der Waals surface area contributed by atoms with Gasteiger partial charge in [-0.3, -0.25) is 14.6 Å². The molecule has 1 aliphatic rings. The van der Waals surface area contributed by atoms with E-state index in [9.17, 15) is 9.59 Å². The zero-order valence-electron chi connectivity index (χ0n) is 15.8. The Morgan fingerprint density at radius 3 is 2.86 bits per heavy atom. The fraction of sp³-hybridized carbons (Fsp3) is 0.300. The number of rotatable bonds is 4. The molecule has 1 fully saturated rings. The molecule has 4 heterocycles. The lowest BCUT2D eigenvalue weighted by Gasteiger charge is -2.24. The van der Waals surface area contributed by atoms with Crippen LogP contribution in [0.5, 0.6) is 0 Å². The summed E-state index contributed by atoms with van der Waals surface area (Å²) in [6, 6.07) is 3.66. The summed E-state index contributed by atoms with van der Waals surface area (Å²) in [6.45, 7) is 2.94. The van der Waals surface area contributed by atoms with E-state index in [4.69, 9.17) is 4.42 Å². The average molecular weight is 379 g/mol. The van der Waals surface area contributed by atoms with E-state index < -0.39 is 0 Å². The van der Waals surface area contributed by atoms with Crippen molar-refractivity contribution in [3.8, 4) is 5.69 Å². The van der Waals surface area contributed by atoms with E-state index in [1.807, 2.05) is 19.1 Å². The number of carbonyl (C=O) groups excluding carboxylic acids is 2. The van der Waals surface area contributed by atoms with Crippen molar-refractivity contribution in [1.29, 1.82) is 0 Å². The number of amides is 2. The van der Waals surface area contributed by atoms with Crippen LogP contribution in [0.3, 0.4) is 0 Å². The van der Waals surface area contributed by atoms with Crippen molar-refractivity contribution in [3.05, 3.63) is 66.1 Å². The van der Waals surface area contributed by atoms with E-state index in [-0.39, 0.29) is 17.9 Å². The van der Waals surface area contributed by atoms with Gasteiger partial charge in [-0.2, -0.15) is 5.10 Å². The van der Waals surface area contributed by atoms with Crippen molar-refractivity contribution < 1.29 is 14.0 Å². The van der Waals surface area contributed by atoms with Gasteiger partial charge < -0.3 is 14.2 Å². The highest BCUT2D eigenvalue weighted by atomic mass is 16.3. The molecule has 8 nitrogen and oxygen atoms in total. The normalized spacial score (nSPS) is 16.4. The molecule has 1 saturated heterocycles. The second-order valence-corrected chi connectivity index (χ2v) is 6.96. The Bertz CT molecular complexity index is 994. The zero-order valence-corrected chi connectivity index (χ0v) is 15.8. The number of likely N-dealkylation sites (N-methyl/N-ethyl adjacent to an activating group) is 1. The molecule has 0 saturated carbocycles. The van der Waals surface area contributed by atoms with Crippen LogP contribution in [-0.4, -0.2) is 62.6 Å². The molecular weight excluding hydrogens is 358 g/mol. The van der Waals surface area contributed by atoms with Gasteiger partial charge in [-0.25, -0.2) is 4.68 Å². The number of hydrogen-bond acceptors (Lipinski definition) is 5. The maximum Gasteiger partial charge on any atom is 0.257 e. The maximum absolute atomic E-state index is 12.9. The lowest BCUT2D eigenvalue weighted by molar-refractivity contribution is 0.0700. The van der Waals surface area contributed by atoms with Gasteiger partial charge in [-0.15, -0.1) is 0 Å². The third kappa shape index (κ3) is 3.28. The lowest BCUT2D eigenvalue weighted by Crippen LogP contribution is -2.40. The average Bonchev–Trinajstić information content (AvgIpc) is 3.47. The minimum atomic E-state index is -0.0880. The lowest BCUT2D eigenvalue weighted by atomic mass is 10.1. The molecule has 4 rings (SSSR count). The van der Waals surface area contributed by atoms with Crippen LogP contribution in [-0.2, 0) is 0 Å². The summed E-state index contributed by atoms with van der Waals surface area (Å²) in [7, 11) is 1.77. The van der Waals surface area contributed by atoms with E-state index in [2.05, 4.69) is 10.1 Å². The van der Waals surface area contributed by atoms with Crippen molar-refractivity contribution in [1.82, 2.24) is 24.6 Å². The number of furan rings is 1. The van der Waals surface area contributed by atoms with Crippen molar-refractivity contribution in [2.24, 2.45) is 0 Å². The van der Waals surface area contributed by atoms with Crippen LogP contribution in [0.2, 0.25) is 0 Å². The van der Waals surface area contributed by atoms with Gasteiger partial charge in [0.25, 0.3) is 11.8 Å². The standard InChI is InChI=1S/C20H21N5O3/c1-14-12-28-13-18(14)20(27)23(2)17-5-7-24(11-17)19(26)15-8-22-25(10-15)16-4-3-6-21-9-16/h3-4,6,8-10,12-13,17H,5,7,11H2,1-2H3. The second-order valence-electron chi connectivity index (χ2n) is 6.96. The number of pyridine rings is 1. The molecule has 0 N–H and O–H groups in total. The van der Waals surface area contributed by atoms with Gasteiger partial charge in [0.1, 0.15) is 6.26 Å². The second kappa shape index (κ2) is 7.30. The molecule has 3 aromatic rings. The molecule has 28 heavy (non-hydrogen) atoms. The van der Waals surface area contributed by atoms with E-state index in [1.165, 1.54) is 6.26 Å². The Morgan fingerprint density at radius 1 is 1.29 bits per heavy atom. The minimum absolute atomic E-state index is 0.0286. The summed E-state index contributed by atoms with van der Waals surface area (Å²) in [5.74, 6) is -0.173. The Morgan fingerprint density at radius 2 is 2.14 bits per heavy atom. The number of carbonyl (C=O) groups is 2. The first-order valence-corrected chi connectivity index (χ1v) is 9.09. The van der Waals surface area contributed by atoms with Crippen molar-refractivity contribution in [2.75, 3.05) is 20.1 Å². The Hall–Kier alpha value is -3.42. The van der Waals surface area contributed by atoms with Gasteiger partial charge in [0.2, 0.25) is 0 Å². The van der Waals surface area contributed by atoms with Crippen molar-refractivity contribution in [3.63, 3.8) is 0 Å². The van der Waals surface area contributed by atoms with E-state index in [1.54, 1.807) is 52.6 Å². The van der Waals surface area contributed by atoms with Crippen LogP contribution in [0.15, 0.2) is 53.9 Å². The van der Waals surface area contributed by atoms with E-state index >= 15 is 0 Å². The fourth-order valence-corrected chi connectivity index (χ4v) is 3.42. The summed E-state index contributed by atoms with van der Waals surface area (Å²) >= 11 is 0. The highest BCUT2D eigenvalue weighted by Gasteiger charge is 2.32. The van der Waals surface area contributed by atoms with Gasteiger partial charge in [0, 0.05) is 32.5 Å². The molecule has 0 radical (unpaired) electrons. The first-order chi connectivity index (χ1) is 13.5. The molecule has 1 atom stereocenters. The summed E-state index contributed by atoms with van der Waals surface area (Å²) in [6.07, 6.45) is 10.4. The van der Waals surface area contributed by atoms with Gasteiger partial charge >= 0.3 is 0 Å². The van der Waals surface area contributed by atoms with E-state index in [0.29, 0.717) is 24.2 Å². The molecular formula is C20H21N5O3. The maximum atomic E-state index is 12.9. The first-order valence-electron chi connectivity index (χ1n) is 9.09. The monoisotopic (exact) mass is 379 g/mol. The molecule has 0 bridgehead atoms. The molecule has 0 spiro atoms. The summed E-state index contributed by atoms with van der Waals surface area (Å²) in [5.41, 5.74) is 2.68. The fourth-order valence-electron chi connectivity index (χ4n) is 3.42. The largest absolute Gasteiger partial charge is 0.471 e. The van der Waals surface area contributed by atoms with Gasteiger partial charge in [-0.05, 0) is 31.0 Å². The van der Waals surface area contributed by atoms with Crippen LogP contribution in [0, 0.1) is 6.92 Å². The topological polar surface area (TPSA) is 84.5 Å². The van der Waals surface area contributed by atoms with Gasteiger partial charge in [0.05, 0.1) is 41.5 Å². The highest BCUT2D eigenvalue weighted by molar-refractivity contribution is 5.96. The van der Waals surface area contributed by atoms with Crippen LogP contribution in [0.1, 0.15) is 32.7 Å². The molecule has 1 aliphatic heterocycles. The number of aromatic nitrogens is 3. The van der Waals surface area contributed by atoms with Crippen molar-refractivity contribution in [2.45, 2.75) is 19.4 Å². The molecule has 8 heteroatoms. The van der Waals surface area contributed by atoms with Crippen LogP contribution in [0.25, 0.3) is 5.69 Å². The highest BCUT2D eigenvalue weighted by Crippen LogP contribution is 2.20. The number of nitrogens with zero attached hydrogens (tertiary/aromatic N) is 5. The molecule has 1 unspecified atom stereocenters. The molecule has 0 aliphatic carbocycles. The zero-order chi connectivity index (χ0) is 19.7. The van der Waals surface area contributed by atoms with Gasteiger partial charge in [0.15, 0.2) is 0 Å². The molecule has 144 valence electrons. The van der Waals surface area contributed by atoms with E-state index in [0.717, 1.165) is 17.7 Å². The predicted octanol–water partition coefficient (Wildman–Crippen LogP) is 2.16. The SMILES string of the molecule is Cc1cocc1C(=O)N(C)C1CCN(C(=O)c2cnn(-c3cccnc3)c2)C1. The minimum Gasteiger partial charge on any atom is -0.471 e. The van der Waals surface area contributed by atoms with Crippen LogP contribution in [0.4, 0.5) is 0 Å². The summed E-state index contributed by atoms with van der Waals surface area (Å²) < 4.78 is 6.74. The smallest absolute Gasteiger partial charge is 0.257 e. The molecule has 3 aromatic heterocycles. The third-order valence-electron chi connectivity index (χ3n) is 5.14. The molecule has 0 aromatic carbocycles. The Kier molecular flexibility index (Phi) is 4.68. The van der Waals surface area contributed by atoms with Crippen molar-refractivity contribution >= 4 is 11.8 Å². The Labute approximate surface area is 162 Å². The number of hydrogen-bond donors (Lipinski definition) is 0. The predicted molar refractivity (Wildman–Crippen MR) is 101 cm³/mol. The summed E-state index contributed by atoms with van der Waals surface area (Å²) in [4.78, 5) is 33.0. The third-order valence-corrected chi connectivity index (χ3v) is 5.14. The quantitative estimate of drug-likeness (QED) is 0.694. The Balaban J connectivity index is 1.43. The van der Waals surface area contributed by atoms with Gasteiger partial charge in [-0.1, -0.05) is 0 Å². The van der Waals surface area contributed by atoms with Crippen LogP contribution >= 0.6 is 0 Å². The molecule has 2 amide bonds.